The number of carboxylic acids is 2. The molecule has 0 unspecified atom stereocenters. The van der Waals surface area contributed by atoms with E-state index >= 15 is 0 Å². The molecule has 0 amide bonds. The summed E-state index contributed by atoms with van der Waals surface area (Å²) in [5.41, 5.74) is 0.565. The van der Waals surface area contributed by atoms with Crippen molar-refractivity contribution in [1.82, 2.24) is 0 Å². The maximum absolute atomic E-state index is 9.86. The average molecular weight is 186 g/mol. The number of hydrogen-bond donors (Lipinski definition) is 2. The second-order valence-electron chi connectivity index (χ2n) is 2.36. The minimum atomic E-state index is -0.935. The van der Waals surface area contributed by atoms with E-state index in [1.54, 1.807) is 19.9 Å². The first-order chi connectivity index (χ1) is 5.82. The Balaban J connectivity index is 0. The summed E-state index contributed by atoms with van der Waals surface area (Å²) in [5.74, 6) is -1.78. The number of carboxylic acid groups (broad SMARTS) is 2. The molecular weight excluding hydrogens is 172 g/mol. The molecule has 0 heterocycles. The Morgan fingerprint density at radius 3 is 1.46 bits per heavy atom. The number of allylic oxidation sites excluding steroid dienone is 1. The SMILES string of the molecule is C/C=C(\C)C(=O)O.C=C(C)C(=O)O. The van der Waals surface area contributed by atoms with Crippen LogP contribution in [0, 0.1) is 0 Å². The van der Waals surface area contributed by atoms with E-state index in [1.165, 1.54) is 6.92 Å². The third-order valence-electron chi connectivity index (χ3n) is 1.14. The number of rotatable bonds is 2. The highest BCUT2D eigenvalue weighted by Gasteiger charge is 1.93. The van der Waals surface area contributed by atoms with Crippen molar-refractivity contribution in [3.8, 4) is 0 Å². The van der Waals surface area contributed by atoms with E-state index in [0.29, 0.717) is 5.57 Å². The predicted octanol–water partition coefficient (Wildman–Crippen LogP) is 1.68. The van der Waals surface area contributed by atoms with Crippen LogP contribution in [0.2, 0.25) is 0 Å². The van der Waals surface area contributed by atoms with Gasteiger partial charge in [0.1, 0.15) is 0 Å². The van der Waals surface area contributed by atoms with Crippen LogP contribution in [0.25, 0.3) is 0 Å². The second kappa shape index (κ2) is 7.09. The van der Waals surface area contributed by atoms with Crippen LogP contribution >= 0.6 is 0 Å². The van der Waals surface area contributed by atoms with E-state index < -0.39 is 11.9 Å². The lowest BCUT2D eigenvalue weighted by atomic mass is 10.3. The Bertz CT molecular complexity index is 226. The van der Waals surface area contributed by atoms with Crippen LogP contribution in [0.4, 0.5) is 0 Å². The molecule has 0 fully saturated rings. The Kier molecular flexibility index (Phi) is 7.62. The average Bonchev–Trinajstić information content (AvgIpc) is 2.03. The first-order valence-electron chi connectivity index (χ1n) is 3.58. The van der Waals surface area contributed by atoms with Gasteiger partial charge in [-0.1, -0.05) is 12.7 Å². The summed E-state index contributed by atoms with van der Waals surface area (Å²) in [6.45, 7) is 7.86. The molecule has 13 heavy (non-hydrogen) atoms. The van der Waals surface area contributed by atoms with Gasteiger partial charge in [-0.25, -0.2) is 9.59 Å². The fraction of sp³-hybridized carbons (Fsp3) is 0.333. The lowest BCUT2D eigenvalue weighted by Gasteiger charge is -1.84. The minimum Gasteiger partial charge on any atom is -0.478 e. The number of hydrogen-bond acceptors (Lipinski definition) is 2. The molecule has 0 saturated carbocycles. The van der Waals surface area contributed by atoms with E-state index in [0.717, 1.165) is 0 Å². The van der Waals surface area contributed by atoms with Gasteiger partial charge in [0.05, 0.1) is 0 Å². The summed E-state index contributed by atoms with van der Waals surface area (Å²) < 4.78 is 0. The molecule has 0 aromatic heterocycles. The van der Waals surface area contributed by atoms with Crippen LogP contribution in [0.5, 0.6) is 0 Å². The fourth-order valence-corrected chi connectivity index (χ4v) is 0.123. The summed E-state index contributed by atoms with van der Waals surface area (Å²) in [6, 6.07) is 0. The number of carbonyl (C=O) groups is 2. The van der Waals surface area contributed by atoms with Gasteiger partial charge < -0.3 is 10.2 Å². The Morgan fingerprint density at radius 1 is 1.15 bits per heavy atom. The monoisotopic (exact) mass is 186 g/mol. The van der Waals surface area contributed by atoms with Gasteiger partial charge in [-0.15, -0.1) is 0 Å². The molecule has 4 nitrogen and oxygen atoms in total. The summed E-state index contributed by atoms with van der Waals surface area (Å²) in [5, 5.41) is 16.0. The summed E-state index contributed by atoms with van der Waals surface area (Å²) in [4.78, 5) is 19.5. The molecule has 0 aliphatic carbocycles. The topological polar surface area (TPSA) is 74.6 Å². The largest absolute Gasteiger partial charge is 0.478 e. The van der Waals surface area contributed by atoms with Crippen molar-refractivity contribution in [1.29, 1.82) is 0 Å². The molecule has 0 aliphatic rings. The zero-order valence-corrected chi connectivity index (χ0v) is 8.00. The molecular formula is C9H14O4. The van der Waals surface area contributed by atoms with Crippen molar-refractivity contribution in [2.75, 3.05) is 0 Å². The number of aliphatic carboxylic acids is 2. The lowest BCUT2D eigenvalue weighted by molar-refractivity contribution is -0.133. The zero-order valence-electron chi connectivity index (χ0n) is 8.00. The maximum atomic E-state index is 9.86. The first-order valence-corrected chi connectivity index (χ1v) is 3.58. The molecule has 0 saturated heterocycles. The summed E-state index contributed by atoms with van der Waals surface area (Å²) in [7, 11) is 0. The molecule has 0 atom stereocenters. The highest BCUT2D eigenvalue weighted by Crippen LogP contribution is 1.87. The van der Waals surface area contributed by atoms with E-state index in [1.807, 2.05) is 0 Å². The van der Waals surface area contributed by atoms with Crippen molar-refractivity contribution in [3.05, 3.63) is 23.8 Å². The van der Waals surface area contributed by atoms with Gasteiger partial charge in [-0.3, -0.25) is 0 Å². The Morgan fingerprint density at radius 2 is 1.46 bits per heavy atom. The van der Waals surface area contributed by atoms with E-state index in [-0.39, 0.29) is 5.57 Å². The molecule has 2 N–H and O–H groups in total. The van der Waals surface area contributed by atoms with Crippen molar-refractivity contribution >= 4 is 11.9 Å². The smallest absolute Gasteiger partial charge is 0.330 e. The van der Waals surface area contributed by atoms with Crippen LogP contribution in [0.15, 0.2) is 23.8 Å². The summed E-state index contributed by atoms with van der Waals surface area (Å²) >= 11 is 0. The van der Waals surface area contributed by atoms with Crippen LogP contribution in [-0.2, 0) is 9.59 Å². The highest BCUT2D eigenvalue weighted by molar-refractivity contribution is 5.85. The van der Waals surface area contributed by atoms with Gasteiger partial charge >= 0.3 is 11.9 Å². The predicted molar refractivity (Wildman–Crippen MR) is 49.5 cm³/mol. The minimum absolute atomic E-state index is 0.176. The Labute approximate surface area is 77.2 Å². The molecule has 74 valence electrons. The van der Waals surface area contributed by atoms with Crippen molar-refractivity contribution < 1.29 is 19.8 Å². The van der Waals surface area contributed by atoms with Crippen molar-refractivity contribution in [2.24, 2.45) is 0 Å². The van der Waals surface area contributed by atoms with Crippen molar-refractivity contribution in [2.45, 2.75) is 20.8 Å². The van der Waals surface area contributed by atoms with Crippen LogP contribution < -0.4 is 0 Å². The molecule has 0 spiro atoms. The second-order valence-corrected chi connectivity index (χ2v) is 2.36. The molecule has 0 aromatic carbocycles. The molecule has 0 aromatic rings. The van der Waals surface area contributed by atoms with Crippen LogP contribution in [-0.4, -0.2) is 22.2 Å². The molecule has 0 rings (SSSR count). The fourth-order valence-electron chi connectivity index (χ4n) is 0.123. The van der Waals surface area contributed by atoms with Gasteiger partial charge in [0, 0.05) is 11.1 Å². The lowest BCUT2D eigenvalue weighted by Crippen LogP contribution is -1.93. The molecule has 4 heteroatoms. The zero-order chi connectivity index (χ0) is 11.0. The van der Waals surface area contributed by atoms with Gasteiger partial charge in [0.15, 0.2) is 0 Å². The van der Waals surface area contributed by atoms with Gasteiger partial charge in [0.25, 0.3) is 0 Å². The van der Waals surface area contributed by atoms with Gasteiger partial charge in [-0.2, -0.15) is 0 Å². The van der Waals surface area contributed by atoms with E-state index in [2.05, 4.69) is 6.58 Å². The molecule has 0 aliphatic heterocycles. The van der Waals surface area contributed by atoms with E-state index in [4.69, 9.17) is 10.2 Å². The quantitative estimate of drug-likeness (QED) is 0.643. The third kappa shape index (κ3) is 10.4. The van der Waals surface area contributed by atoms with E-state index in [9.17, 15) is 9.59 Å². The van der Waals surface area contributed by atoms with Gasteiger partial charge in [-0.05, 0) is 20.8 Å². The molecule has 0 bridgehead atoms. The molecule has 0 radical (unpaired) electrons. The Hall–Kier alpha value is -1.58. The van der Waals surface area contributed by atoms with Crippen LogP contribution in [0.3, 0.4) is 0 Å². The van der Waals surface area contributed by atoms with Crippen molar-refractivity contribution in [3.63, 3.8) is 0 Å². The standard InChI is InChI=1S/C5H8O2.C4H6O2/c1-3-4(2)5(6)7;1-3(2)4(5)6/h3H,1-2H3,(H,6,7);1H2,2H3,(H,5,6)/b4-3+;. The third-order valence-corrected chi connectivity index (χ3v) is 1.14. The van der Waals surface area contributed by atoms with Gasteiger partial charge in [0.2, 0.25) is 0 Å². The normalized spacial score (nSPS) is 9.62. The first kappa shape index (κ1) is 14.0. The summed E-state index contributed by atoms with van der Waals surface area (Å²) in [6.07, 6.45) is 1.56. The maximum Gasteiger partial charge on any atom is 0.330 e. The highest BCUT2D eigenvalue weighted by atomic mass is 16.4. The van der Waals surface area contributed by atoms with Crippen LogP contribution in [0.1, 0.15) is 20.8 Å².